The Morgan fingerprint density at radius 3 is 2.72 bits per heavy atom. The molecule has 1 aromatic carbocycles. The molecule has 0 unspecified atom stereocenters. The van der Waals surface area contributed by atoms with E-state index < -0.39 is 24.1 Å². The zero-order valence-electron chi connectivity index (χ0n) is 16.3. The first-order valence-corrected chi connectivity index (χ1v) is 9.51. The number of aliphatic hydroxyl groups excluding tert-OH is 2. The lowest BCUT2D eigenvalue weighted by atomic mass is 10.1. The predicted octanol–water partition coefficient (Wildman–Crippen LogP) is 0.864. The van der Waals surface area contributed by atoms with E-state index in [9.17, 15) is 19.8 Å². The van der Waals surface area contributed by atoms with Gasteiger partial charge in [0.15, 0.2) is 0 Å². The minimum Gasteiger partial charge on any atom is -0.394 e. The number of hydrogen-bond acceptors (Lipinski definition) is 6. The van der Waals surface area contributed by atoms with Crippen molar-refractivity contribution in [2.45, 2.75) is 45.2 Å². The average Bonchev–Trinajstić information content (AvgIpc) is 3.08. The molecule has 4 rings (SSSR count). The number of pyridine rings is 1. The number of nitrogens with zero attached hydrogens (tertiary/aromatic N) is 3. The summed E-state index contributed by atoms with van der Waals surface area (Å²) in [5.41, 5.74) is 1.93. The van der Waals surface area contributed by atoms with E-state index in [4.69, 9.17) is 4.74 Å². The molecular formula is C21H23N3O5. The van der Waals surface area contributed by atoms with Gasteiger partial charge in [0.1, 0.15) is 12.3 Å². The second kappa shape index (κ2) is 7.55. The van der Waals surface area contributed by atoms with Crippen molar-refractivity contribution >= 4 is 10.9 Å². The Bertz CT molecular complexity index is 1180. The van der Waals surface area contributed by atoms with E-state index in [-0.39, 0.29) is 25.1 Å². The monoisotopic (exact) mass is 397 g/mol. The Labute approximate surface area is 166 Å². The standard InChI is InChI=1S/C21H23N3O5/c1-12-9-23(19-8-17(26)18(11-25)29-19)21(28)24(20(12)27)10-14-7-13(2)22-16-6-4-3-5-15(14)16/h3-7,9,17-19,25-26H,8,10-11H2,1-2H3/t17-,18-,19+/m1/s1. The molecule has 1 fully saturated rings. The van der Waals surface area contributed by atoms with Crippen LogP contribution in [-0.4, -0.2) is 43.1 Å². The maximum absolute atomic E-state index is 13.1. The lowest BCUT2D eigenvalue weighted by Crippen LogP contribution is -2.42. The van der Waals surface area contributed by atoms with Crippen molar-refractivity contribution in [3.63, 3.8) is 0 Å². The Balaban J connectivity index is 1.81. The summed E-state index contributed by atoms with van der Waals surface area (Å²) in [5, 5.41) is 20.2. The third kappa shape index (κ3) is 3.50. The van der Waals surface area contributed by atoms with E-state index in [0.29, 0.717) is 5.56 Å². The highest BCUT2D eigenvalue weighted by atomic mass is 16.5. The quantitative estimate of drug-likeness (QED) is 0.676. The average molecular weight is 397 g/mol. The summed E-state index contributed by atoms with van der Waals surface area (Å²) in [6.45, 7) is 3.27. The number of aryl methyl sites for hydroxylation is 2. The van der Waals surface area contributed by atoms with Crippen LogP contribution < -0.4 is 11.2 Å². The zero-order valence-corrected chi connectivity index (χ0v) is 16.3. The van der Waals surface area contributed by atoms with Gasteiger partial charge in [0.2, 0.25) is 0 Å². The molecular weight excluding hydrogens is 374 g/mol. The molecule has 8 nitrogen and oxygen atoms in total. The van der Waals surface area contributed by atoms with Crippen molar-refractivity contribution in [3.8, 4) is 0 Å². The highest BCUT2D eigenvalue weighted by Crippen LogP contribution is 2.27. The van der Waals surface area contributed by atoms with Crippen molar-refractivity contribution in [1.82, 2.24) is 14.1 Å². The number of aromatic nitrogens is 3. The van der Waals surface area contributed by atoms with Crippen LogP contribution >= 0.6 is 0 Å². The van der Waals surface area contributed by atoms with Gasteiger partial charge < -0.3 is 14.9 Å². The van der Waals surface area contributed by atoms with Crippen molar-refractivity contribution in [1.29, 1.82) is 0 Å². The van der Waals surface area contributed by atoms with Crippen molar-refractivity contribution in [3.05, 3.63) is 74.2 Å². The normalized spacial score (nSPS) is 21.7. The highest BCUT2D eigenvalue weighted by Gasteiger charge is 2.35. The number of rotatable bonds is 4. The maximum Gasteiger partial charge on any atom is 0.333 e. The summed E-state index contributed by atoms with van der Waals surface area (Å²) in [5.74, 6) is 0. The third-order valence-electron chi connectivity index (χ3n) is 5.32. The fraction of sp³-hybridized carbons (Fsp3) is 0.381. The van der Waals surface area contributed by atoms with Gasteiger partial charge in [-0.2, -0.15) is 0 Å². The fourth-order valence-electron chi connectivity index (χ4n) is 3.85. The number of fused-ring (bicyclic) bond motifs is 1. The lowest BCUT2D eigenvalue weighted by Gasteiger charge is -2.18. The van der Waals surface area contributed by atoms with Crippen molar-refractivity contribution < 1.29 is 14.9 Å². The Morgan fingerprint density at radius 1 is 1.24 bits per heavy atom. The second-order valence-electron chi connectivity index (χ2n) is 7.45. The Morgan fingerprint density at radius 2 is 2.00 bits per heavy atom. The molecule has 1 aliphatic heterocycles. The van der Waals surface area contributed by atoms with E-state index in [1.807, 2.05) is 37.3 Å². The first kappa shape index (κ1) is 19.5. The molecule has 0 bridgehead atoms. The van der Waals surface area contributed by atoms with Crippen LogP contribution in [0.3, 0.4) is 0 Å². The fourth-order valence-corrected chi connectivity index (χ4v) is 3.85. The molecule has 2 aromatic heterocycles. The highest BCUT2D eigenvalue weighted by molar-refractivity contribution is 5.82. The smallest absolute Gasteiger partial charge is 0.333 e. The van der Waals surface area contributed by atoms with Crippen molar-refractivity contribution in [2.75, 3.05) is 6.61 Å². The van der Waals surface area contributed by atoms with Gasteiger partial charge in [0.05, 0.1) is 24.8 Å². The summed E-state index contributed by atoms with van der Waals surface area (Å²) in [7, 11) is 0. The number of para-hydroxylation sites is 1. The molecule has 0 aliphatic carbocycles. The minimum absolute atomic E-state index is 0.0991. The molecule has 1 aliphatic rings. The SMILES string of the molecule is Cc1cc(Cn2c(=O)c(C)cn([C@@H]3C[C@@H](O)[C@@H](CO)O3)c2=O)c2ccccc2n1. The molecule has 152 valence electrons. The van der Waals surface area contributed by atoms with Crippen LogP contribution in [0.15, 0.2) is 46.1 Å². The van der Waals surface area contributed by atoms with Crippen LogP contribution in [0.1, 0.15) is 29.5 Å². The number of benzene rings is 1. The van der Waals surface area contributed by atoms with Crippen LogP contribution in [0.4, 0.5) is 0 Å². The molecule has 3 heterocycles. The van der Waals surface area contributed by atoms with Gasteiger partial charge in [-0.05, 0) is 31.5 Å². The van der Waals surface area contributed by atoms with Gasteiger partial charge in [0.25, 0.3) is 5.56 Å². The Hall–Kier alpha value is -2.81. The molecule has 2 N–H and O–H groups in total. The topological polar surface area (TPSA) is 107 Å². The van der Waals surface area contributed by atoms with Crippen LogP contribution in [0.2, 0.25) is 0 Å². The van der Waals surface area contributed by atoms with E-state index in [1.54, 1.807) is 6.92 Å². The summed E-state index contributed by atoms with van der Waals surface area (Å²) in [4.78, 5) is 30.4. The van der Waals surface area contributed by atoms with Gasteiger partial charge in [0, 0.05) is 29.3 Å². The molecule has 0 spiro atoms. The maximum atomic E-state index is 13.1. The third-order valence-corrected chi connectivity index (χ3v) is 5.32. The first-order chi connectivity index (χ1) is 13.9. The van der Waals surface area contributed by atoms with Crippen LogP contribution in [0.5, 0.6) is 0 Å². The largest absolute Gasteiger partial charge is 0.394 e. The van der Waals surface area contributed by atoms with E-state index in [0.717, 1.165) is 22.2 Å². The van der Waals surface area contributed by atoms with E-state index >= 15 is 0 Å². The van der Waals surface area contributed by atoms with E-state index in [1.165, 1.54) is 15.3 Å². The molecule has 1 saturated heterocycles. The number of aliphatic hydroxyl groups is 2. The minimum atomic E-state index is -0.871. The molecule has 3 atom stereocenters. The van der Waals surface area contributed by atoms with Gasteiger partial charge in [-0.1, -0.05) is 18.2 Å². The summed E-state index contributed by atoms with van der Waals surface area (Å²) in [6, 6.07) is 9.47. The summed E-state index contributed by atoms with van der Waals surface area (Å²) < 4.78 is 8.12. The Kier molecular flexibility index (Phi) is 5.08. The lowest BCUT2D eigenvalue weighted by molar-refractivity contribution is -0.0463. The van der Waals surface area contributed by atoms with Crippen LogP contribution in [-0.2, 0) is 11.3 Å². The molecule has 0 saturated carbocycles. The van der Waals surface area contributed by atoms with Crippen LogP contribution in [0.25, 0.3) is 10.9 Å². The second-order valence-corrected chi connectivity index (χ2v) is 7.45. The molecule has 8 heteroatoms. The van der Waals surface area contributed by atoms with Gasteiger partial charge in [-0.25, -0.2) is 4.79 Å². The van der Waals surface area contributed by atoms with Crippen LogP contribution in [0, 0.1) is 13.8 Å². The van der Waals surface area contributed by atoms with Gasteiger partial charge in [-0.3, -0.25) is 18.9 Å². The molecule has 29 heavy (non-hydrogen) atoms. The summed E-state index contributed by atoms with van der Waals surface area (Å²) >= 11 is 0. The number of ether oxygens (including phenoxy) is 1. The van der Waals surface area contributed by atoms with Gasteiger partial charge >= 0.3 is 5.69 Å². The first-order valence-electron chi connectivity index (χ1n) is 9.51. The number of hydrogen-bond donors (Lipinski definition) is 2. The summed E-state index contributed by atoms with van der Waals surface area (Å²) in [6.07, 6.45) is -0.742. The molecule has 0 radical (unpaired) electrons. The van der Waals surface area contributed by atoms with Crippen molar-refractivity contribution in [2.24, 2.45) is 0 Å². The van der Waals surface area contributed by atoms with Gasteiger partial charge in [-0.15, -0.1) is 0 Å². The molecule has 0 amide bonds. The zero-order chi connectivity index (χ0) is 20.7. The predicted molar refractivity (Wildman–Crippen MR) is 107 cm³/mol. The molecule has 3 aromatic rings. The van der Waals surface area contributed by atoms with E-state index in [2.05, 4.69) is 4.98 Å².